The smallest absolute Gasteiger partial charge is 0.338 e. The molecule has 0 saturated carbocycles. The maximum Gasteiger partial charge on any atom is 0.338 e. The van der Waals surface area contributed by atoms with Crippen molar-refractivity contribution in [1.82, 2.24) is 4.90 Å². The third kappa shape index (κ3) is 6.26. The number of nitrogens with zero attached hydrogens (tertiary/aromatic N) is 1. The molecule has 0 radical (unpaired) electrons. The van der Waals surface area contributed by atoms with Gasteiger partial charge >= 0.3 is 5.97 Å². The maximum absolute atomic E-state index is 12.7. The zero-order valence-corrected chi connectivity index (χ0v) is 20.9. The number of benzene rings is 2. The van der Waals surface area contributed by atoms with E-state index in [0.717, 1.165) is 19.3 Å². The topological polar surface area (TPSA) is 120 Å². The van der Waals surface area contributed by atoms with Gasteiger partial charge in [0.25, 0.3) is 5.91 Å². The van der Waals surface area contributed by atoms with E-state index in [0.29, 0.717) is 35.9 Å². The Morgan fingerprint density at radius 1 is 1.00 bits per heavy atom. The standard InChI is InChI=1S/C27H30N2O8/c1-34-22-11-8-18(13-23(22)35-2)21(30)16-37-27(33)17-6-9-19(10-7-17)28-25(31)14-24-26(32)29-12-4-3-5-20(29)15-36-24/h6-11,13,20,24H,3-5,12,14-16H2,1-2H3,(H,28,31). The van der Waals surface area contributed by atoms with Gasteiger partial charge in [-0.05, 0) is 61.7 Å². The summed E-state index contributed by atoms with van der Waals surface area (Å²) in [7, 11) is 2.96. The number of hydrogen-bond acceptors (Lipinski definition) is 8. The molecule has 2 amide bonds. The molecule has 10 nitrogen and oxygen atoms in total. The predicted octanol–water partition coefficient (Wildman–Crippen LogP) is 2.85. The van der Waals surface area contributed by atoms with Gasteiger partial charge in [0.05, 0.1) is 38.9 Å². The Bertz CT molecular complexity index is 1160. The molecule has 10 heteroatoms. The first-order valence-electron chi connectivity index (χ1n) is 12.1. The minimum atomic E-state index is -0.785. The highest BCUT2D eigenvalue weighted by Crippen LogP contribution is 2.28. The molecule has 2 heterocycles. The van der Waals surface area contributed by atoms with Crippen LogP contribution in [0.3, 0.4) is 0 Å². The van der Waals surface area contributed by atoms with Crippen LogP contribution in [0.25, 0.3) is 0 Å². The third-order valence-electron chi connectivity index (χ3n) is 6.49. The van der Waals surface area contributed by atoms with Crippen molar-refractivity contribution < 1.29 is 38.1 Å². The summed E-state index contributed by atoms with van der Waals surface area (Å²) in [6.45, 7) is 0.720. The molecule has 2 aromatic rings. The van der Waals surface area contributed by atoms with E-state index in [1.807, 2.05) is 4.90 Å². The second-order valence-electron chi connectivity index (χ2n) is 8.90. The Labute approximate surface area is 214 Å². The SMILES string of the molecule is COc1ccc(C(=O)COC(=O)c2ccc(NC(=O)CC3OCC4CCCCN4C3=O)cc2)cc1OC. The number of methoxy groups -OCH3 is 2. The highest BCUT2D eigenvalue weighted by molar-refractivity contribution is 6.00. The summed E-state index contributed by atoms with van der Waals surface area (Å²) in [5.41, 5.74) is 1.00. The van der Waals surface area contributed by atoms with E-state index in [1.165, 1.54) is 32.4 Å². The van der Waals surface area contributed by atoms with Crippen LogP contribution in [0.2, 0.25) is 0 Å². The number of Topliss-reactive ketones (excluding diaryl/α,β-unsaturated/α-hetero) is 1. The van der Waals surface area contributed by atoms with Gasteiger partial charge in [0.15, 0.2) is 23.9 Å². The number of carbonyl (C=O) groups is 4. The number of ether oxygens (including phenoxy) is 4. The van der Waals surface area contributed by atoms with Crippen molar-refractivity contribution in [2.24, 2.45) is 0 Å². The van der Waals surface area contributed by atoms with Crippen molar-refractivity contribution in [3.8, 4) is 11.5 Å². The van der Waals surface area contributed by atoms with Crippen molar-refractivity contribution in [2.45, 2.75) is 37.8 Å². The van der Waals surface area contributed by atoms with Crippen LogP contribution in [-0.2, 0) is 19.1 Å². The molecule has 2 unspecified atom stereocenters. The molecule has 4 rings (SSSR count). The number of anilines is 1. The molecule has 0 aliphatic carbocycles. The molecular formula is C27H30N2O8. The van der Waals surface area contributed by atoms with Gasteiger partial charge in [-0.25, -0.2) is 4.79 Å². The lowest BCUT2D eigenvalue weighted by Gasteiger charge is -2.41. The Balaban J connectivity index is 1.26. The molecule has 2 aromatic carbocycles. The summed E-state index contributed by atoms with van der Waals surface area (Å²) in [6.07, 6.45) is 2.13. The van der Waals surface area contributed by atoms with Gasteiger partial charge in [-0.3, -0.25) is 14.4 Å². The fourth-order valence-corrected chi connectivity index (χ4v) is 4.47. The number of hydrogen-bond donors (Lipinski definition) is 1. The first kappa shape index (κ1) is 26.2. The summed E-state index contributed by atoms with van der Waals surface area (Å²) in [5, 5.41) is 2.72. The second kappa shape index (κ2) is 11.9. The number of nitrogens with one attached hydrogen (secondary N) is 1. The number of morpholine rings is 1. The third-order valence-corrected chi connectivity index (χ3v) is 6.49. The number of piperidine rings is 1. The summed E-state index contributed by atoms with van der Waals surface area (Å²) in [6, 6.07) is 10.9. The van der Waals surface area contributed by atoms with Crippen LogP contribution >= 0.6 is 0 Å². The minimum absolute atomic E-state index is 0.0793. The van der Waals surface area contributed by atoms with Crippen molar-refractivity contribution in [3.05, 3.63) is 53.6 Å². The van der Waals surface area contributed by atoms with Crippen LogP contribution in [0.15, 0.2) is 42.5 Å². The highest BCUT2D eigenvalue weighted by Gasteiger charge is 2.38. The van der Waals surface area contributed by atoms with E-state index >= 15 is 0 Å². The van der Waals surface area contributed by atoms with Gasteiger partial charge in [0.1, 0.15) is 6.10 Å². The number of rotatable bonds is 9. The average Bonchev–Trinajstić information content (AvgIpc) is 2.93. The van der Waals surface area contributed by atoms with E-state index in [-0.39, 0.29) is 29.8 Å². The van der Waals surface area contributed by atoms with Crippen molar-refractivity contribution in [3.63, 3.8) is 0 Å². The van der Waals surface area contributed by atoms with Gasteiger partial charge in [0, 0.05) is 17.8 Å². The van der Waals surface area contributed by atoms with Crippen LogP contribution in [0, 0.1) is 0 Å². The molecule has 2 atom stereocenters. The zero-order chi connectivity index (χ0) is 26.4. The van der Waals surface area contributed by atoms with Gasteiger partial charge < -0.3 is 29.2 Å². The molecule has 1 N–H and O–H groups in total. The first-order chi connectivity index (χ1) is 17.9. The average molecular weight is 511 g/mol. The molecule has 0 aromatic heterocycles. The Morgan fingerprint density at radius 2 is 1.73 bits per heavy atom. The Kier molecular flexibility index (Phi) is 8.39. The summed E-state index contributed by atoms with van der Waals surface area (Å²) in [5.74, 6) is -0.682. The second-order valence-corrected chi connectivity index (χ2v) is 8.90. The van der Waals surface area contributed by atoms with E-state index in [9.17, 15) is 19.2 Å². The van der Waals surface area contributed by atoms with Crippen LogP contribution in [0.5, 0.6) is 11.5 Å². The fraction of sp³-hybridized carbons (Fsp3) is 0.407. The summed E-state index contributed by atoms with van der Waals surface area (Å²) in [4.78, 5) is 51.8. The zero-order valence-electron chi connectivity index (χ0n) is 20.9. The van der Waals surface area contributed by atoms with Gasteiger partial charge in [-0.2, -0.15) is 0 Å². The minimum Gasteiger partial charge on any atom is -0.493 e. The molecule has 0 bridgehead atoms. The van der Waals surface area contributed by atoms with Crippen LogP contribution in [0.1, 0.15) is 46.4 Å². The highest BCUT2D eigenvalue weighted by atomic mass is 16.5. The van der Waals surface area contributed by atoms with Crippen molar-refractivity contribution in [2.75, 3.05) is 39.3 Å². The quantitative estimate of drug-likeness (QED) is 0.404. The fourth-order valence-electron chi connectivity index (χ4n) is 4.47. The normalized spacial score (nSPS) is 19.0. The molecule has 2 saturated heterocycles. The lowest BCUT2D eigenvalue weighted by Crippen LogP contribution is -2.56. The van der Waals surface area contributed by atoms with Crippen LogP contribution < -0.4 is 14.8 Å². The lowest BCUT2D eigenvalue weighted by atomic mass is 9.99. The van der Waals surface area contributed by atoms with Crippen molar-refractivity contribution >= 4 is 29.3 Å². The Morgan fingerprint density at radius 3 is 2.46 bits per heavy atom. The molecule has 2 aliphatic heterocycles. The Hall–Kier alpha value is -3.92. The number of amides is 2. The van der Waals surface area contributed by atoms with E-state index in [1.54, 1.807) is 24.3 Å². The van der Waals surface area contributed by atoms with E-state index in [2.05, 4.69) is 5.32 Å². The first-order valence-corrected chi connectivity index (χ1v) is 12.1. The van der Waals surface area contributed by atoms with Crippen molar-refractivity contribution in [1.29, 1.82) is 0 Å². The van der Waals surface area contributed by atoms with Gasteiger partial charge in [0.2, 0.25) is 5.91 Å². The van der Waals surface area contributed by atoms with Crippen LogP contribution in [-0.4, -0.2) is 74.6 Å². The van der Waals surface area contributed by atoms with Crippen LogP contribution in [0.4, 0.5) is 5.69 Å². The number of fused-ring (bicyclic) bond motifs is 1. The molecule has 2 aliphatic rings. The van der Waals surface area contributed by atoms with E-state index in [4.69, 9.17) is 18.9 Å². The molecule has 196 valence electrons. The number of ketones is 1. The predicted molar refractivity (Wildman–Crippen MR) is 133 cm³/mol. The molecular weight excluding hydrogens is 480 g/mol. The molecule has 37 heavy (non-hydrogen) atoms. The largest absolute Gasteiger partial charge is 0.493 e. The number of esters is 1. The maximum atomic E-state index is 12.7. The molecule has 0 spiro atoms. The number of carbonyl (C=O) groups excluding carboxylic acids is 4. The van der Waals surface area contributed by atoms with E-state index < -0.39 is 24.5 Å². The van der Waals surface area contributed by atoms with Gasteiger partial charge in [-0.1, -0.05) is 0 Å². The van der Waals surface area contributed by atoms with Gasteiger partial charge in [-0.15, -0.1) is 0 Å². The summed E-state index contributed by atoms with van der Waals surface area (Å²) < 4.78 is 21.2. The summed E-state index contributed by atoms with van der Waals surface area (Å²) >= 11 is 0. The monoisotopic (exact) mass is 510 g/mol. The lowest BCUT2D eigenvalue weighted by molar-refractivity contribution is -0.163. The molecule has 2 fully saturated rings.